The van der Waals surface area contributed by atoms with Gasteiger partial charge in [0.25, 0.3) is 0 Å². The maximum absolute atomic E-state index is 13.1. The molecule has 0 aliphatic carbocycles. The Morgan fingerprint density at radius 1 is 1.17 bits per heavy atom. The van der Waals surface area contributed by atoms with Gasteiger partial charge in [0.2, 0.25) is 5.91 Å². The molecule has 154 valence electrons. The predicted octanol–water partition coefficient (Wildman–Crippen LogP) is 4.54. The van der Waals surface area contributed by atoms with Crippen LogP contribution in [0.5, 0.6) is 0 Å². The van der Waals surface area contributed by atoms with Crippen LogP contribution in [-0.4, -0.2) is 47.7 Å². The average molecular weight is 436 g/mol. The summed E-state index contributed by atoms with van der Waals surface area (Å²) in [5, 5.41) is 4.08. The molecule has 3 rings (SSSR count). The largest absolute Gasteiger partial charge is 0.355 e. The van der Waals surface area contributed by atoms with E-state index in [-0.39, 0.29) is 12.6 Å². The number of nitrogens with one attached hydrogen (secondary N) is 1. The van der Waals surface area contributed by atoms with E-state index in [9.17, 15) is 9.59 Å². The summed E-state index contributed by atoms with van der Waals surface area (Å²) < 4.78 is 5.60. The fourth-order valence-corrected chi connectivity index (χ4v) is 3.62. The van der Waals surface area contributed by atoms with Crippen molar-refractivity contribution in [2.75, 3.05) is 19.1 Å². The lowest BCUT2D eigenvalue weighted by Crippen LogP contribution is -2.51. The molecule has 1 aliphatic heterocycles. The summed E-state index contributed by atoms with van der Waals surface area (Å²) in [6, 6.07) is 11.4. The Labute approximate surface area is 180 Å². The quantitative estimate of drug-likeness (QED) is 0.766. The third-order valence-electron chi connectivity index (χ3n) is 4.91. The maximum atomic E-state index is 13.1. The highest BCUT2D eigenvalue weighted by Crippen LogP contribution is 2.24. The topological polar surface area (TPSA) is 61.9 Å². The fraction of sp³-hybridized carbons (Fsp3) is 0.333. The Kier molecular flexibility index (Phi) is 6.67. The number of amides is 3. The number of carbonyl (C=O) groups is 2. The van der Waals surface area contributed by atoms with Gasteiger partial charge in [0.15, 0.2) is 0 Å². The Bertz CT molecular complexity index is 905. The van der Waals surface area contributed by atoms with Gasteiger partial charge in [0.1, 0.15) is 12.8 Å². The molecule has 0 bridgehead atoms. The van der Waals surface area contributed by atoms with Crippen molar-refractivity contribution >= 4 is 40.8 Å². The third kappa shape index (κ3) is 5.01. The van der Waals surface area contributed by atoms with Gasteiger partial charge in [-0.15, -0.1) is 0 Å². The lowest BCUT2D eigenvalue weighted by atomic mass is 10.1. The zero-order valence-corrected chi connectivity index (χ0v) is 18.0. The summed E-state index contributed by atoms with van der Waals surface area (Å²) in [5.74, 6) is -0.187. The van der Waals surface area contributed by atoms with Gasteiger partial charge in [-0.1, -0.05) is 35.3 Å². The van der Waals surface area contributed by atoms with Crippen LogP contribution < -0.4 is 5.32 Å². The molecular weight excluding hydrogens is 413 g/mol. The number of urea groups is 1. The average Bonchev–Trinajstić information content (AvgIpc) is 3.06. The van der Waals surface area contributed by atoms with Gasteiger partial charge in [0.05, 0.1) is 6.10 Å². The molecule has 29 heavy (non-hydrogen) atoms. The monoisotopic (exact) mass is 435 g/mol. The molecule has 1 N–H and O–H groups in total. The number of benzene rings is 2. The summed E-state index contributed by atoms with van der Waals surface area (Å²) in [6.45, 7) is 4.10. The third-order valence-corrected chi connectivity index (χ3v) is 5.40. The maximum Gasteiger partial charge on any atom is 0.324 e. The number of halogens is 2. The van der Waals surface area contributed by atoms with Crippen LogP contribution in [0.25, 0.3) is 0 Å². The van der Waals surface area contributed by atoms with E-state index in [1.165, 1.54) is 4.90 Å². The zero-order valence-electron chi connectivity index (χ0n) is 16.5. The van der Waals surface area contributed by atoms with E-state index in [1.807, 2.05) is 19.1 Å². The first-order chi connectivity index (χ1) is 13.8. The summed E-state index contributed by atoms with van der Waals surface area (Å²) in [4.78, 5) is 28.9. The van der Waals surface area contributed by atoms with Gasteiger partial charge in [-0.2, -0.15) is 0 Å². The molecule has 2 unspecified atom stereocenters. The Hall–Kier alpha value is -2.28. The molecule has 2 atom stereocenters. The number of likely N-dealkylation sites (N-methyl/N-ethyl adjacent to an activating group) is 1. The van der Waals surface area contributed by atoms with Gasteiger partial charge < -0.3 is 15.0 Å². The van der Waals surface area contributed by atoms with Gasteiger partial charge in [0, 0.05) is 29.3 Å². The van der Waals surface area contributed by atoms with Gasteiger partial charge in [-0.05, 0) is 55.3 Å². The standard InChI is InChI=1S/C21H23Cl2N3O3/c1-13-10-17(23)8-9-18(13)24-21(28)26-12-29-14(2)19(26)20(27)25(3)11-15-4-6-16(22)7-5-15/h4-10,14,19H,11-12H2,1-3H3,(H,24,28). The van der Waals surface area contributed by atoms with Crippen LogP contribution in [-0.2, 0) is 16.1 Å². The van der Waals surface area contributed by atoms with Gasteiger partial charge in [-0.25, -0.2) is 4.79 Å². The van der Waals surface area contributed by atoms with Crippen LogP contribution in [0.4, 0.5) is 10.5 Å². The minimum Gasteiger partial charge on any atom is -0.355 e. The van der Waals surface area contributed by atoms with E-state index in [1.54, 1.807) is 49.2 Å². The molecule has 1 heterocycles. The van der Waals surface area contributed by atoms with E-state index < -0.39 is 18.2 Å². The molecule has 2 aromatic carbocycles. The smallest absolute Gasteiger partial charge is 0.324 e. The first-order valence-electron chi connectivity index (χ1n) is 9.21. The summed E-state index contributed by atoms with van der Waals surface area (Å²) in [6.07, 6.45) is -0.410. The molecule has 1 aliphatic rings. The molecule has 0 radical (unpaired) electrons. The Morgan fingerprint density at radius 3 is 2.48 bits per heavy atom. The van der Waals surface area contributed by atoms with Crippen molar-refractivity contribution < 1.29 is 14.3 Å². The van der Waals surface area contributed by atoms with E-state index in [0.29, 0.717) is 22.3 Å². The zero-order chi connectivity index (χ0) is 21.1. The predicted molar refractivity (Wildman–Crippen MR) is 114 cm³/mol. The molecule has 1 fully saturated rings. The normalized spacial score (nSPS) is 18.6. The fourth-order valence-electron chi connectivity index (χ4n) is 3.26. The van der Waals surface area contributed by atoms with E-state index in [4.69, 9.17) is 27.9 Å². The molecule has 6 nitrogen and oxygen atoms in total. The summed E-state index contributed by atoms with van der Waals surface area (Å²) in [5.41, 5.74) is 2.42. The summed E-state index contributed by atoms with van der Waals surface area (Å²) >= 11 is 11.9. The highest BCUT2D eigenvalue weighted by Gasteiger charge is 2.42. The SMILES string of the molecule is Cc1cc(Cl)ccc1NC(=O)N1COC(C)C1C(=O)N(C)Cc1ccc(Cl)cc1. The number of nitrogens with zero attached hydrogens (tertiary/aromatic N) is 2. The van der Waals surface area contributed by atoms with Crippen molar-refractivity contribution in [3.63, 3.8) is 0 Å². The van der Waals surface area contributed by atoms with E-state index >= 15 is 0 Å². The molecule has 3 amide bonds. The van der Waals surface area contributed by atoms with Crippen molar-refractivity contribution in [1.82, 2.24) is 9.80 Å². The van der Waals surface area contributed by atoms with Crippen LogP contribution >= 0.6 is 23.2 Å². The molecule has 8 heteroatoms. The van der Waals surface area contributed by atoms with Crippen molar-refractivity contribution in [1.29, 1.82) is 0 Å². The molecule has 0 spiro atoms. The first kappa shape index (κ1) is 21.4. The second-order valence-electron chi connectivity index (χ2n) is 7.13. The van der Waals surface area contributed by atoms with E-state index in [0.717, 1.165) is 11.1 Å². The second kappa shape index (κ2) is 9.03. The molecule has 1 saturated heterocycles. The highest BCUT2D eigenvalue weighted by atomic mass is 35.5. The number of aryl methyl sites for hydroxylation is 1. The van der Waals surface area contributed by atoms with Crippen LogP contribution in [0.15, 0.2) is 42.5 Å². The lowest BCUT2D eigenvalue weighted by Gasteiger charge is -2.28. The molecule has 2 aromatic rings. The van der Waals surface area contributed by atoms with E-state index in [2.05, 4.69) is 5.32 Å². The number of carbonyl (C=O) groups excluding carboxylic acids is 2. The highest BCUT2D eigenvalue weighted by molar-refractivity contribution is 6.31. The van der Waals surface area contributed by atoms with Gasteiger partial charge >= 0.3 is 6.03 Å². The number of hydrogen-bond donors (Lipinski definition) is 1. The number of ether oxygens (including phenoxy) is 1. The number of hydrogen-bond acceptors (Lipinski definition) is 3. The van der Waals surface area contributed by atoms with Crippen LogP contribution in [0.2, 0.25) is 10.0 Å². The molecular formula is C21H23Cl2N3O3. The van der Waals surface area contributed by atoms with Crippen LogP contribution in [0.1, 0.15) is 18.1 Å². The van der Waals surface area contributed by atoms with Crippen molar-refractivity contribution in [2.24, 2.45) is 0 Å². The number of rotatable bonds is 4. The number of anilines is 1. The molecule has 0 aromatic heterocycles. The minimum absolute atomic E-state index is 0.0465. The molecule has 0 saturated carbocycles. The van der Waals surface area contributed by atoms with Crippen LogP contribution in [0, 0.1) is 6.92 Å². The second-order valence-corrected chi connectivity index (χ2v) is 8.00. The first-order valence-corrected chi connectivity index (χ1v) is 9.96. The Morgan fingerprint density at radius 2 is 1.83 bits per heavy atom. The van der Waals surface area contributed by atoms with Crippen molar-refractivity contribution in [2.45, 2.75) is 32.5 Å². The van der Waals surface area contributed by atoms with Crippen molar-refractivity contribution in [3.05, 3.63) is 63.6 Å². The summed E-state index contributed by atoms with van der Waals surface area (Å²) in [7, 11) is 1.71. The van der Waals surface area contributed by atoms with Crippen molar-refractivity contribution in [3.8, 4) is 0 Å². The van der Waals surface area contributed by atoms with Gasteiger partial charge in [-0.3, -0.25) is 9.69 Å². The minimum atomic E-state index is -0.708. The lowest BCUT2D eigenvalue weighted by molar-refractivity contribution is -0.135. The Balaban J connectivity index is 1.71. The van der Waals surface area contributed by atoms with Crippen LogP contribution in [0.3, 0.4) is 0 Å².